The molecule has 0 unspecified atom stereocenters. The maximum atomic E-state index is 4.61. The molecule has 1 heteroatoms. The smallest absolute Gasteiger partial charge is 0.0708 e. The molecule has 26 heavy (non-hydrogen) atoms. The van der Waals surface area contributed by atoms with Crippen LogP contribution in [0.25, 0.3) is 33.5 Å². The Bertz CT molecular complexity index is 1050. The van der Waals surface area contributed by atoms with Crippen LogP contribution in [0.1, 0.15) is 11.1 Å². The molecule has 0 aliphatic carbocycles. The van der Waals surface area contributed by atoms with Gasteiger partial charge in [0.2, 0.25) is 0 Å². The van der Waals surface area contributed by atoms with Crippen LogP contribution in [0.5, 0.6) is 0 Å². The summed E-state index contributed by atoms with van der Waals surface area (Å²) in [6.45, 7) is 4.30. The van der Waals surface area contributed by atoms with E-state index in [-0.39, 0.29) is 0 Å². The molecule has 4 aromatic rings. The van der Waals surface area contributed by atoms with Crippen LogP contribution in [0, 0.1) is 13.8 Å². The van der Waals surface area contributed by atoms with Crippen molar-refractivity contribution in [3.63, 3.8) is 0 Å². The SMILES string of the molecule is Cc1ccc(C)c(-c2cccc(-c3cc(-c4ccccc4)ccn3)c2)c1. The zero-order chi connectivity index (χ0) is 17.9. The monoisotopic (exact) mass is 335 g/mol. The minimum absolute atomic E-state index is 0.999. The molecule has 0 saturated heterocycles. The number of benzene rings is 3. The first-order chi connectivity index (χ1) is 12.7. The molecule has 0 N–H and O–H groups in total. The van der Waals surface area contributed by atoms with Crippen LogP contribution in [0.2, 0.25) is 0 Å². The van der Waals surface area contributed by atoms with E-state index in [1.165, 1.54) is 33.4 Å². The van der Waals surface area contributed by atoms with E-state index in [9.17, 15) is 0 Å². The zero-order valence-corrected chi connectivity index (χ0v) is 15.1. The molecular formula is C25H21N. The van der Waals surface area contributed by atoms with Gasteiger partial charge >= 0.3 is 0 Å². The molecule has 4 rings (SSSR count). The van der Waals surface area contributed by atoms with E-state index in [2.05, 4.69) is 97.7 Å². The maximum Gasteiger partial charge on any atom is 0.0708 e. The normalized spacial score (nSPS) is 10.7. The molecule has 1 heterocycles. The van der Waals surface area contributed by atoms with E-state index >= 15 is 0 Å². The van der Waals surface area contributed by atoms with Gasteiger partial charge in [-0.15, -0.1) is 0 Å². The molecular weight excluding hydrogens is 314 g/mol. The molecule has 0 spiro atoms. The van der Waals surface area contributed by atoms with Crippen molar-refractivity contribution in [2.24, 2.45) is 0 Å². The van der Waals surface area contributed by atoms with Gasteiger partial charge in [0.25, 0.3) is 0 Å². The van der Waals surface area contributed by atoms with Crippen molar-refractivity contribution in [2.75, 3.05) is 0 Å². The second kappa shape index (κ2) is 6.97. The summed E-state index contributed by atoms with van der Waals surface area (Å²) in [6, 6.07) is 29.9. The highest BCUT2D eigenvalue weighted by atomic mass is 14.7. The summed E-state index contributed by atoms with van der Waals surface area (Å²) in [5.41, 5.74) is 9.62. The first kappa shape index (κ1) is 16.3. The number of aryl methyl sites for hydroxylation is 2. The highest BCUT2D eigenvalue weighted by molar-refractivity contribution is 5.76. The number of nitrogens with zero attached hydrogens (tertiary/aromatic N) is 1. The van der Waals surface area contributed by atoms with Crippen molar-refractivity contribution >= 4 is 0 Å². The van der Waals surface area contributed by atoms with E-state index in [4.69, 9.17) is 0 Å². The third-order valence-corrected chi connectivity index (χ3v) is 4.73. The Kier molecular flexibility index (Phi) is 4.37. The molecule has 0 saturated carbocycles. The van der Waals surface area contributed by atoms with Crippen molar-refractivity contribution in [1.29, 1.82) is 0 Å². The predicted octanol–water partition coefficient (Wildman–Crippen LogP) is 6.70. The average Bonchev–Trinajstić information content (AvgIpc) is 2.71. The Balaban J connectivity index is 1.77. The van der Waals surface area contributed by atoms with Crippen LogP contribution < -0.4 is 0 Å². The van der Waals surface area contributed by atoms with Gasteiger partial charge < -0.3 is 0 Å². The highest BCUT2D eigenvalue weighted by Crippen LogP contribution is 2.30. The Hall–Kier alpha value is -3.19. The minimum Gasteiger partial charge on any atom is -0.256 e. The van der Waals surface area contributed by atoms with E-state index in [0.717, 1.165) is 11.3 Å². The summed E-state index contributed by atoms with van der Waals surface area (Å²) >= 11 is 0. The largest absolute Gasteiger partial charge is 0.256 e. The van der Waals surface area contributed by atoms with Gasteiger partial charge in [-0.1, -0.05) is 72.3 Å². The van der Waals surface area contributed by atoms with Gasteiger partial charge in [-0.3, -0.25) is 4.98 Å². The van der Waals surface area contributed by atoms with Gasteiger partial charge in [0.1, 0.15) is 0 Å². The van der Waals surface area contributed by atoms with Crippen LogP contribution in [0.3, 0.4) is 0 Å². The quantitative estimate of drug-likeness (QED) is 0.406. The summed E-state index contributed by atoms with van der Waals surface area (Å²) in [6.07, 6.45) is 1.89. The zero-order valence-electron chi connectivity index (χ0n) is 15.1. The molecule has 0 aliphatic heterocycles. The first-order valence-corrected chi connectivity index (χ1v) is 8.90. The van der Waals surface area contributed by atoms with E-state index in [1.54, 1.807) is 0 Å². The third-order valence-electron chi connectivity index (χ3n) is 4.73. The van der Waals surface area contributed by atoms with E-state index in [1.807, 2.05) is 12.3 Å². The van der Waals surface area contributed by atoms with Crippen LogP contribution >= 0.6 is 0 Å². The molecule has 1 aromatic heterocycles. The molecule has 0 amide bonds. The lowest BCUT2D eigenvalue weighted by Gasteiger charge is -2.10. The maximum absolute atomic E-state index is 4.61. The highest BCUT2D eigenvalue weighted by Gasteiger charge is 2.07. The molecule has 0 atom stereocenters. The Morgan fingerprint density at radius 1 is 0.577 bits per heavy atom. The molecule has 0 bridgehead atoms. The van der Waals surface area contributed by atoms with Crippen molar-refractivity contribution in [1.82, 2.24) is 4.98 Å². The predicted molar refractivity (Wildman–Crippen MR) is 110 cm³/mol. The minimum atomic E-state index is 0.999. The fourth-order valence-corrected chi connectivity index (χ4v) is 3.29. The molecule has 3 aromatic carbocycles. The third kappa shape index (κ3) is 3.29. The number of rotatable bonds is 3. The number of pyridine rings is 1. The van der Waals surface area contributed by atoms with Gasteiger partial charge in [-0.25, -0.2) is 0 Å². The molecule has 126 valence electrons. The van der Waals surface area contributed by atoms with Crippen molar-refractivity contribution in [3.8, 4) is 33.5 Å². The summed E-state index contributed by atoms with van der Waals surface area (Å²) in [5.74, 6) is 0. The lowest BCUT2D eigenvalue weighted by molar-refractivity contribution is 1.32. The summed E-state index contributed by atoms with van der Waals surface area (Å²) < 4.78 is 0. The van der Waals surface area contributed by atoms with Crippen molar-refractivity contribution < 1.29 is 0 Å². The van der Waals surface area contributed by atoms with E-state index < -0.39 is 0 Å². The lowest BCUT2D eigenvalue weighted by atomic mass is 9.96. The van der Waals surface area contributed by atoms with Crippen LogP contribution in [0.15, 0.2) is 91.1 Å². The fourth-order valence-electron chi connectivity index (χ4n) is 3.29. The topological polar surface area (TPSA) is 12.9 Å². The number of aromatic nitrogens is 1. The number of hydrogen-bond acceptors (Lipinski definition) is 1. The van der Waals surface area contributed by atoms with E-state index in [0.29, 0.717) is 0 Å². The van der Waals surface area contributed by atoms with Crippen LogP contribution in [-0.2, 0) is 0 Å². The second-order valence-corrected chi connectivity index (χ2v) is 6.69. The van der Waals surface area contributed by atoms with Gasteiger partial charge in [0, 0.05) is 11.8 Å². The Morgan fingerprint density at radius 3 is 2.19 bits per heavy atom. The Labute approximate surface area is 155 Å². The molecule has 0 radical (unpaired) electrons. The van der Waals surface area contributed by atoms with Gasteiger partial charge in [0.15, 0.2) is 0 Å². The lowest BCUT2D eigenvalue weighted by Crippen LogP contribution is -1.88. The van der Waals surface area contributed by atoms with Gasteiger partial charge in [-0.2, -0.15) is 0 Å². The molecule has 0 aliphatic rings. The summed E-state index contributed by atoms with van der Waals surface area (Å²) in [7, 11) is 0. The van der Waals surface area contributed by atoms with Gasteiger partial charge in [-0.05, 0) is 59.9 Å². The summed E-state index contributed by atoms with van der Waals surface area (Å²) in [4.78, 5) is 4.61. The van der Waals surface area contributed by atoms with Crippen LogP contribution in [-0.4, -0.2) is 4.98 Å². The molecule has 1 nitrogen and oxygen atoms in total. The van der Waals surface area contributed by atoms with Gasteiger partial charge in [0.05, 0.1) is 5.69 Å². The van der Waals surface area contributed by atoms with Crippen LogP contribution in [0.4, 0.5) is 0 Å². The summed E-state index contributed by atoms with van der Waals surface area (Å²) in [5, 5.41) is 0. The van der Waals surface area contributed by atoms with Crippen molar-refractivity contribution in [2.45, 2.75) is 13.8 Å². The fraction of sp³-hybridized carbons (Fsp3) is 0.0800. The van der Waals surface area contributed by atoms with Crippen molar-refractivity contribution in [3.05, 3.63) is 102 Å². The number of hydrogen-bond donors (Lipinski definition) is 0. The first-order valence-electron chi connectivity index (χ1n) is 8.90. The molecule has 0 fully saturated rings. The average molecular weight is 335 g/mol. The standard InChI is InChI=1S/C25H21N/c1-18-11-12-19(2)24(15-18)22-9-6-10-23(16-22)25-17-21(13-14-26-25)20-7-4-3-5-8-20/h3-17H,1-2H3. The second-order valence-electron chi connectivity index (χ2n) is 6.69. The Morgan fingerprint density at radius 2 is 1.35 bits per heavy atom.